The molecule has 0 fully saturated rings. The lowest BCUT2D eigenvalue weighted by Gasteiger charge is -2.08. The number of hydrogen-bond donors (Lipinski definition) is 1. The van der Waals surface area contributed by atoms with Crippen LogP contribution in [0.25, 0.3) is 39.5 Å². The zero-order chi connectivity index (χ0) is 30.8. The Bertz CT molecular complexity index is 2030. The van der Waals surface area contributed by atoms with Crippen molar-refractivity contribution < 1.29 is 4.57 Å². The number of aryl methyl sites for hydroxylation is 4. The third-order valence-electron chi connectivity index (χ3n) is 9.03. The number of aromatic nitrogens is 4. The van der Waals surface area contributed by atoms with E-state index in [2.05, 4.69) is 122 Å². The number of nitrogens with zero attached hydrogens (tertiary/aromatic N) is 5. The fourth-order valence-electron chi connectivity index (χ4n) is 6.68. The maximum absolute atomic E-state index is 4.57. The van der Waals surface area contributed by atoms with Crippen molar-refractivity contribution in [2.45, 2.75) is 59.2 Å². The summed E-state index contributed by atoms with van der Waals surface area (Å²) in [6.45, 7) is 12.2. The van der Waals surface area contributed by atoms with Gasteiger partial charge in [0.15, 0.2) is 12.7 Å². The largest absolute Gasteiger partial charge is 0.389 e. The van der Waals surface area contributed by atoms with Crippen molar-refractivity contribution in [3.8, 4) is 0 Å². The second-order valence-corrected chi connectivity index (χ2v) is 12.3. The molecule has 5 aromatic rings. The minimum atomic E-state index is 0.861. The molecule has 6 nitrogen and oxygen atoms in total. The topological polar surface area (TPSA) is 51.0 Å². The molecule has 0 spiro atoms. The number of para-hydroxylation sites is 2. The summed E-state index contributed by atoms with van der Waals surface area (Å²) in [4.78, 5) is 9.10. The first kappa shape index (κ1) is 28.8. The molecule has 0 bridgehead atoms. The van der Waals surface area contributed by atoms with Crippen LogP contribution in [-0.4, -0.2) is 26.9 Å². The maximum Gasteiger partial charge on any atom is 0.227 e. The zero-order valence-corrected chi connectivity index (χ0v) is 26.3. The molecule has 5 heterocycles. The highest BCUT2D eigenvalue weighted by Gasteiger charge is 2.25. The van der Waals surface area contributed by atoms with Gasteiger partial charge in [-0.25, -0.2) is 4.98 Å². The first-order chi connectivity index (χ1) is 22.0. The SMILES string of the molecule is C=C1C=NC(C)=CNCCC1=Cc1cn(CCCCn2cc(C=C3CC[n+]4cc(C)ncc43)c3ccccc32)c2ccccc12. The maximum atomic E-state index is 4.57. The average Bonchev–Trinajstić information content (AvgIpc) is 3.74. The van der Waals surface area contributed by atoms with E-state index >= 15 is 0 Å². The highest BCUT2D eigenvalue weighted by Crippen LogP contribution is 2.30. The fourth-order valence-corrected chi connectivity index (χ4v) is 6.68. The molecule has 0 saturated heterocycles. The highest BCUT2D eigenvalue weighted by molar-refractivity contribution is 5.95. The summed E-state index contributed by atoms with van der Waals surface area (Å²) in [7, 11) is 0. The van der Waals surface area contributed by atoms with Crippen molar-refractivity contribution in [3.05, 3.63) is 125 Å². The second kappa shape index (κ2) is 12.6. The fraction of sp³-hybridized carbons (Fsp3) is 0.256. The van der Waals surface area contributed by atoms with Crippen molar-refractivity contribution >= 4 is 45.7 Å². The number of fused-ring (bicyclic) bond motifs is 3. The van der Waals surface area contributed by atoms with E-state index in [-0.39, 0.29) is 0 Å². The first-order valence-electron chi connectivity index (χ1n) is 16.1. The molecule has 0 atom stereocenters. The van der Waals surface area contributed by atoms with Crippen LogP contribution in [0.1, 0.15) is 55.1 Å². The molecule has 0 radical (unpaired) electrons. The zero-order valence-electron chi connectivity index (χ0n) is 26.3. The Balaban J connectivity index is 1.08. The van der Waals surface area contributed by atoms with Crippen LogP contribution in [0.15, 0.2) is 108 Å². The third-order valence-corrected chi connectivity index (χ3v) is 9.03. The van der Waals surface area contributed by atoms with Crippen LogP contribution in [0.5, 0.6) is 0 Å². The lowest BCUT2D eigenvalue weighted by molar-refractivity contribution is -0.690. The molecule has 7 rings (SSSR count). The van der Waals surface area contributed by atoms with E-state index in [9.17, 15) is 0 Å². The summed E-state index contributed by atoms with van der Waals surface area (Å²) in [5, 5.41) is 5.96. The Hall–Kier alpha value is -4.97. The molecule has 3 aromatic heterocycles. The van der Waals surface area contributed by atoms with Crippen molar-refractivity contribution in [3.63, 3.8) is 0 Å². The van der Waals surface area contributed by atoms with Crippen LogP contribution in [0.4, 0.5) is 0 Å². The van der Waals surface area contributed by atoms with Crippen LogP contribution in [0.2, 0.25) is 0 Å². The summed E-state index contributed by atoms with van der Waals surface area (Å²) < 4.78 is 7.20. The Morgan fingerprint density at radius 2 is 1.51 bits per heavy atom. The number of allylic oxidation sites excluding steroid dienone is 3. The summed E-state index contributed by atoms with van der Waals surface area (Å²) in [5.74, 6) is 0. The smallest absolute Gasteiger partial charge is 0.227 e. The third kappa shape index (κ3) is 6.05. The quantitative estimate of drug-likeness (QED) is 0.154. The molecular formula is C39H41N6+. The molecule has 2 aromatic carbocycles. The Labute approximate surface area is 265 Å². The summed E-state index contributed by atoms with van der Waals surface area (Å²) in [6.07, 6.45) is 21.5. The van der Waals surface area contributed by atoms with Gasteiger partial charge in [-0.2, -0.15) is 4.57 Å². The molecule has 0 aliphatic carbocycles. The minimum Gasteiger partial charge on any atom is -0.389 e. The van der Waals surface area contributed by atoms with Crippen LogP contribution in [-0.2, 0) is 19.6 Å². The summed E-state index contributed by atoms with van der Waals surface area (Å²) >= 11 is 0. The summed E-state index contributed by atoms with van der Waals surface area (Å²) in [5.41, 5.74) is 11.9. The van der Waals surface area contributed by atoms with E-state index in [0.717, 1.165) is 68.8 Å². The van der Waals surface area contributed by atoms with Gasteiger partial charge in [-0.15, -0.1) is 0 Å². The van der Waals surface area contributed by atoms with Gasteiger partial charge in [-0.3, -0.25) is 4.99 Å². The highest BCUT2D eigenvalue weighted by atomic mass is 15.0. The first-order valence-corrected chi connectivity index (χ1v) is 16.1. The van der Waals surface area contributed by atoms with Crippen LogP contribution >= 0.6 is 0 Å². The Morgan fingerprint density at radius 1 is 0.867 bits per heavy atom. The number of benzene rings is 2. The molecule has 1 N–H and O–H groups in total. The van der Waals surface area contributed by atoms with Gasteiger partial charge in [0, 0.05) is 89.4 Å². The van der Waals surface area contributed by atoms with E-state index in [1.165, 1.54) is 49.8 Å². The molecule has 6 heteroatoms. The molecule has 2 aliphatic heterocycles. The van der Waals surface area contributed by atoms with Gasteiger partial charge in [0.05, 0.1) is 11.9 Å². The minimum absolute atomic E-state index is 0.861. The molecule has 0 saturated carbocycles. The molecule has 0 amide bonds. The van der Waals surface area contributed by atoms with Crippen molar-refractivity contribution in [2.75, 3.05) is 6.54 Å². The lowest BCUT2D eigenvalue weighted by atomic mass is 10.0. The molecule has 2 aliphatic rings. The number of rotatable bonds is 7. The number of hydrogen-bond acceptors (Lipinski definition) is 3. The summed E-state index contributed by atoms with van der Waals surface area (Å²) in [6, 6.07) is 17.5. The van der Waals surface area contributed by atoms with Gasteiger partial charge in [0.25, 0.3) is 0 Å². The van der Waals surface area contributed by atoms with E-state index in [1.54, 1.807) is 0 Å². The standard InChI is InChI=1S/C39H41N6/c1-28-22-41-29(2)23-40-16-14-31(28)20-33-26-43(37-12-6-4-10-35(33)37)17-8-9-18-44-27-34(36-11-5-7-13-38(36)44)21-32-15-19-45-25-30(3)42-24-39(32)45/h4-7,10-13,20-27,40H,1,8-9,14-19H2,2-3H3/q+1. The van der Waals surface area contributed by atoms with Gasteiger partial charge >= 0.3 is 0 Å². The number of unbranched alkanes of at least 4 members (excludes halogenated alkanes) is 1. The van der Waals surface area contributed by atoms with Gasteiger partial charge in [0.2, 0.25) is 5.69 Å². The van der Waals surface area contributed by atoms with Crippen LogP contribution in [0.3, 0.4) is 0 Å². The Morgan fingerprint density at radius 3 is 2.20 bits per heavy atom. The second-order valence-electron chi connectivity index (χ2n) is 12.3. The molecular weight excluding hydrogens is 552 g/mol. The van der Waals surface area contributed by atoms with E-state index in [4.69, 9.17) is 0 Å². The van der Waals surface area contributed by atoms with Gasteiger partial charge in [-0.1, -0.05) is 43.0 Å². The van der Waals surface area contributed by atoms with Crippen molar-refractivity contribution in [1.82, 2.24) is 19.4 Å². The molecule has 45 heavy (non-hydrogen) atoms. The van der Waals surface area contributed by atoms with Crippen LogP contribution < -0.4 is 9.88 Å². The van der Waals surface area contributed by atoms with E-state index < -0.39 is 0 Å². The number of nitrogens with one attached hydrogen (secondary N) is 1. The average molecular weight is 594 g/mol. The van der Waals surface area contributed by atoms with E-state index in [1.807, 2.05) is 25.5 Å². The van der Waals surface area contributed by atoms with Crippen LogP contribution in [0, 0.1) is 6.92 Å². The van der Waals surface area contributed by atoms with Gasteiger partial charge in [-0.05, 0) is 68.5 Å². The number of aliphatic imine (C=N–C) groups is 1. The predicted octanol–water partition coefficient (Wildman–Crippen LogP) is 7.88. The molecule has 226 valence electrons. The normalized spacial score (nSPS) is 17.0. The monoisotopic (exact) mass is 593 g/mol. The lowest BCUT2D eigenvalue weighted by Crippen LogP contribution is -2.33. The van der Waals surface area contributed by atoms with Crippen molar-refractivity contribution in [2.24, 2.45) is 4.99 Å². The molecule has 0 unspecified atom stereocenters. The van der Waals surface area contributed by atoms with Crippen molar-refractivity contribution in [1.29, 1.82) is 0 Å². The Kier molecular flexibility index (Phi) is 8.04. The van der Waals surface area contributed by atoms with Gasteiger partial charge < -0.3 is 14.5 Å². The van der Waals surface area contributed by atoms with Gasteiger partial charge in [0.1, 0.15) is 5.69 Å². The predicted molar refractivity (Wildman–Crippen MR) is 187 cm³/mol. The van der Waals surface area contributed by atoms with E-state index in [0.29, 0.717) is 0 Å².